The van der Waals surface area contributed by atoms with Crippen molar-refractivity contribution in [3.63, 3.8) is 0 Å². The van der Waals surface area contributed by atoms with Crippen LogP contribution in [-0.2, 0) is 0 Å². The molecule has 0 atom stereocenters. The Bertz CT molecular complexity index is 898. The third-order valence-electron chi connectivity index (χ3n) is 4.73. The maximum Gasteiger partial charge on any atom is 0.271 e. The normalized spacial score (nSPS) is 15.6. The Labute approximate surface area is 160 Å². The highest BCUT2D eigenvalue weighted by molar-refractivity contribution is 5.95. The fourth-order valence-corrected chi connectivity index (χ4v) is 3.82. The first-order valence-corrected chi connectivity index (χ1v) is 9.16. The highest BCUT2D eigenvalue weighted by Gasteiger charge is 2.32. The minimum Gasteiger partial charge on any atom is -0.360 e. The first kappa shape index (κ1) is 18.8. The van der Waals surface area contributed by atoms with Gasteiger partial charge in [0.15, 0.2) is 0 Å². The van der Waals surface area contributed by atoms with Crippen molar-refractivity contribution < 1.29 is 4.79 Å². The lowest BCUT2D eigenvalue weighted by Crippen LogP contribution is -2.49. The van der Waals surface area contributed by atoms with Crippen molar-refractivity contribution >= 4 is 23.4 Å². The monoisotopic (exact) mass is 362 g/mol. The number of pyridine rings is 1. The van der Waals surface area contributed by atoms with Gasteiger partial charge in [0, 0.05) is 35.2 Å². The van der Waals surface area contributed by atoms with E-state index in [9.17, 15) is 4.79 Å². The molecule has 0 saturated carbocycles. The molecule has 140 valence electrons. The minimum atomic E-state index is -0.254. The van der Waals surface area contributed by atoms with Crippen molar-refractivity contribution in [3.05, 3.63) is 65.5 Å². The van der Waals surface area contributed by atoms with Gasteiger partial charge in [0.1, 0.15) is 0 Å². The van der Waals surface area contributed by atoms with Crippen LogP contribution in [0.2, 0.25) is 0 Å². The van der Waals surface area contributed by atoms with Gasteiger partial charge in [0.25, 0.3) is 5.91 Å². The molecule has 0 radical (unpaired) electrons. The number of nitrogens with zero attached hydrogens (tertiary/aromatic N) is 3. The molecule has 1 amide bonds. The first-order chi connectivity index (χ1) is 12.8. The van der Waals surface area contributed by atoms with E-state index < -0.39 is 0 Å². The predicted octanol–water partition coefficient (Wildman–Crippen LogP) is 4.26. The van der Waals surface area contributed by atoms with Gasteiger partial charge in [-0.15, -0.1) is 0 Å². The van der Waals surface area contributed by atoms with Crippen LogP contribution in [0.5, 0.6) is 0 Å². The number of amides is 1. The fourth-order valence-electron chi connectivity index (χ4n) is 3.82. The minimum absolute atomic E-state index is 0.0284. The lowest BCUT2D eigenvalue weighted by Gasteiger charge is -2.46. The maximum absolute atomic E-state index is 12.0. The smallest absolute Gasteiger partial charge is 0.271 e. The summed E-state index contributed by atoms with van der Waals surface area (Å²) in [7, 11) is 0. The molecule has 0 fully saturated rings. The van der Waals surface area contributed by atoms with Crippen molar-refractivity contribution in [3.8, 4) is 0 Å². The van der Waals surface area contributed by atoms with Crippen molar-refractivity contribution in [2.75, 3.05) is 4.90 Å². The molecule has 27 heavy (non-hydrogen) atoms. The highest BCUT2D eigenvalue weighted by Crippen LogP contribution is 2.40. The highest BCUT2D eigenvalue weighted by atomic mass is 16.2. The van der Waals surface area contributed by atoms with Crippen LogP contribution < -0.4 is 10.3 Å². The Balaban J connectivity index is 1.82. The molecule has 1 aliphatic heterocycles. The zero-order valence-electron chi connectivity index (χ0n) is 16.5. The summed E-state index contributed by atoms with van der Waals surface area (Å²) in [5, 5.41) is 4.10. The molecule has 2 aromatic rings. The number of benzene rings is 1. The van der Waals surface area contributed by atoms with E-state index in [-0.39, 0.29) is 11.4 Å². The van der Waals surface area contributed by atoms with Crippen LogP contribution >= 0.6 is 0 Å². The van der Waals surface area contributed by atoms with E-state index >= 15 is 0 Å². The van der Waals surface area contributed by atoms with E-state index in [0.29, 0.717) is 11.6 Å². The molecule has 0 spiro atoms. The lowest BCUT2D eigenvalue weighted by atomic mass is 9.87. The molecule has 1 aromatic heterocycles. The largest absolute Gasteiger partial charge is 0.360 e. The zero-order chi connectivity index (χ0) is 19.6. The summed E-state index contributed by atoms with van der Waals surface area (Å²) in [5.41, 5.74) is 7.69. The second-order valence-corrected chi connectivity index (χ2v) is 7.66. The molecule has 1 N–H and O–H groups in total. The number of nitrogens with one attached hydrogen (secondary N) is 1. The molecule has 5 heteroatoms. The number of hydrogen-bond donors (Lipinski definition) is 1. The topological polar surface area (TPSA) is 57.6 Å². The number of allylic oxidation sites excluding steroid dienone is 1. The third-order valence-corrected chi connectivity index (χ3v) is 4.73. The Morgan fingerprint density at radius 3 is 2.59 bits per heavy atom. The van der Waals surface area contributed by atoms with Gasteiger partial charge in [-0.05, 0) is 70.0 Å². The number of hydrogen-bond acceptors (Lipinski definition) is 4. The van der Waals surface area contributed by atoms with E-state index in [1.54, 1.807) is 30.7 Å². The second kappa shape index (κ2) is 7.35. The number of aromatic nitrogens is 1. The molecule has 0 aliphatic carbocycles. The molecule has 0 unspecified atom stereocenters. The standard InChI is InChI=1S/C22H26N4O/c1-15(2)26-20-7-6-17(12-19(20)16(3)13-22(26,4)5)14-24-25-21(27)18-8-10-23-11-9-18/h6-15H,1-5H3,(H,25,27)/b24-14+. The quantitative estimate of drug-likeness (QED) is 0.653. The van der Waals surface area contributed by atoms with Crippen molar-refractivity contribution in [1.29, 1.82) is 0 Å². The van der Waals surface area contributed by atoms with Gasteiger partial charge >= 0.3 is 0 Å². The third kappa shape index (κ3) is 3.92. The van der Waals surface area contributed by atoms with Crippen LogP contribution in [0.4, 0.5) is 5.69 Å². The predicted molar refractivity (Wildman–Crippen MR) is 111 cm³/mol. The molecule has 0 saturated heterocycles. The average molecular weight is 362 g/mol. The molecular formula is C22H26N4O. The van der Waals surface area contributed by atoms with Gasteiger partial charge in [-0.1, -0.05) is 12.1 Å². The summed E-state index contributed by atoms with van der Waals surface area (Å²) >= 11 is 0. The van der Waals surface area contributed by atoms with Gasteiger partial charge in [-0.3, -0.25) is 9.78 Å². The Hall–Kier alpha value is -2.95. The van der Waals surface area contributed by atoms with Crippen LogP contribution in [0.3, 0.4) is 0 Å². The van der Waals surface area contributed by atoms with E-state index in [1.165, 1.54) is 16.8 Å². The lowest BCUT2D eigenvalue weighted by molar-refractivity contribution is 0.0955. The van der Waals surface area contributed by atoms with E-state index in [2.05, 4.69) is 73.2 Å². The van der Waals surface area contributed by atoms with Gasteiger partial charge in [0.2, 0.25) is 0 Å². The van der Waals surface area contributed by atoms with Crippen LogP contribution in [-0.4, -0.2) is 28.7 Å². The Morgan fingerprint density at radius 2 is 1.93 bits per heavy atom. The number of carbonyl (C=O) groups is 1. The molecular weight excluding hydrogens is 336 g/mol. The maximum atomic E-state index is 12.0. The molecule has 3 rings (SSSR count). The zero-order valence-corrected chi connectivity index (χ0v) is 16.5. The van der Waals surface area contributed by atoms with E-state index in [0.717, 1.165) is 5.56 Å². The van der Waals surface area contributed by atoms with Gasteiger partial charge in [0.05, 0.1) is 11.8 Å². The Morgan fingerprint density at radius 1 is 1.22 bits per heavy atom. The Kier molecular flexibility index (Phi) is 5.13. The summed E-state index contributed by atoms with van der Waals surface area (Å²) in [6.45, 7) is 11.0. The second-order valence-electron chi connectivity index (χ2n) is 7.66. The number of fused-ring (bicyclic) bond motifs is 1. The van der Waals surface area contributed by atoms with Gasteiger partial charge in [-0.25, -0.2) is 5.43 Å². The SMILES string of the molecule is CC1=CC(C)(C)N(C(C)C)c2ccc(/C=N/NC(=O)c3ccncc3)cc21. The molecule has 0 bridgehead atoms. The number of hydrazone groups is 1. The van der Waals surface area contributed by atoms with Crippen LogP contribution in [0, 0.1) is 0 Å². The summed E-state index contributed by atoms with van der Waals surface area (Å²) in [6.07, 6.45) is 7.14. The van der Waals surface area contributed by atoms with Crippen LogP contribution in [0.25, 0.3) is 5.57 Å². The van der Waals surface area contributed by atoms with Gasteiger partial charge < -0.3 is 4.90 Å². The molecule has 1 aromatic carbocycles. The number of anilines is 1. The summed E-state index contributed by atoms with van der Waals surface area (Å²) in [5.74, 6) is -0.254. The van der Waals surface area contributed by atoms with Crippen LogP contribution in [0.15, 0.2) is 53.9 Å². The van der Waals surface area contributed by atoms with E-state index in [4.69, 9.17) is 0 Å². The van der Waals surface area contributed by atoms with E-state index in [1.807, 2.05) is 6.07 Å². The van der Waals surface area contributed by atoms with Crippen molar-refractivity contribution in [2.24, 2.45) is 5.10 Å². The van der Waals surface area contributed by atoms with Crippen LogP contribution in [0.1, 0.15) is 56.1 Å². The molecule has 2 heterocycles. The van der Waals surface area contributed by atoms with Gasteiger partial charge in [-0.2, -0.15) is 5.10 Å². The molecule has 1 aliphatic rings. The van der Waals surface area contributed by atoms with Crippen molar-refractivity contribution in [1.82, 2.24) is 10.4 Å². The summed E-state index contributed by atoms with van der Waals surface area (Å²) in [6, 6.07) is 9.99. The summed E-state index contributed by atoms with van der Waals surface area (Å²) in [4.78, 5) is 18.4. The number of carbonyl (C=O) groups excluding carboxylic acids is 1. The fraction of sp³-hybridized carbons (Fsp3) is 0.318. The molecule has 5 nitrogen and oxygen atoms in total. The first-order valence-electron chi connectivity index (χ1n) is 9.16. The summed E-state index contributed by atoms with van der Waals surface area (Å²) < 4.78 is 0. The number of rotatable bonds is 4. The average Bonchev–Trinajstić information content (AvgIpc) is 2.61. The van der Waals surface area contributed by atoms with Crippen molar-refractivity contribution in [2.45, 2.75) is 46.2 Å².